The third kappa shape index (κ3) is 3.50. The zero-order valence-electron chi connectivity index (χ0n) is 12.6. The van der Waals surface area contributed by atoms with Gasteiger partial charge in [-0.3, -0.25) is 0 Å². The molecule has 1 N–H and O–H groups in total. The molecule has 0 bridgehead atoms. The van der Waals surface area contributed by atoms with Crippen LogP contribution in [0.3, 0.4) is 0 Å². The van der Waals surface area contributed by atoms with Crippen molar-refractivity contribution in [3.05, 3.63) is 0 Å². The maximum Gasteiger partial charge on any atom is 0.439 e. The monoisotopic (exact) mass is 255 g/mol. The van der Waals surface area contributed by atoms with Gasteiger partial charge >= 0.3 is 14.4 Å². The highest BCUT2D eigenvalue weighted by Gasteiger charge is 2.47. The van der Waals surface area contributed by atoms with Crippen molar-refractivity contribution in [3.63, 3.8) is 0 Å². The topological polar surface area (TPSA) is 47.9 Å². The minimum absolute atomic E-state index is 0.0445. The number of rotatable bonds is 4. The minimum Gasteiger partial charge on any atom is -0.436 e. The predicted octanol–water partition coefficient (Wildman–Crippen LogP) is 1.62. The van der Waals surface area contributed by atoms with E-state index in [-0.39, 0.29) is 11.0 Å². The van der Waals surface area contributed by atoms with Crippen molar-refractivity contribution in [3.8, 4) is 0 Å². The van der Waals surface area contributed by atoms with Crippen LogP contribution in [0.2, 0.25) is 0 Å². The van der Waals surface area contributed by atoms with Crippen LogP contribution < -0.4 is 0 Å². The zero-order chi connectivity index (χ0) is 14.2. The molecule has 4 nitrogen and oxygen atoms in total. The Bertz CT molecular complexity index is 290. The summed E-state index contributed by atoms with van der Waals surface area (Å²) in [6, 6.07) is 0. The highest BCUT2D eigenvalue weighted by Crippen LogP contribution is 2.38. The molecule has 1 fully saturated rings. The molecule has 0 aliphatic carbocycles. The maximum atomic E-state index is 9.57. The molecule has 0 aromatic rings. The van der Waals surface area contributed by atoms with Gasteiger partial charge in [-0.1, -0.05) is 13.8 Å². The molecule has 6 heteroatoms. The van der Waals surface area contributed by atoms with Crippen LogP contribution in [0.1, 0.15) is 48.5 Å². The Morgan fingerprint density at radius 2 is 1.89 bits per heavy atom. The van der Waals surface area contributed by atoms with E-state index in [1.807, 2.05) is 13.8 Å². The van der Waals surface area contributed by atoms with Crippen molar-refractivity contribution < 1.29 is 19.1 Å². The Hall–Kier alpha value is -0.0301. The SMILES string of the molecule is CC(O)C(C)(C)O[B]B1OCC(C)(C)C(C)(C)O1. The van der Waals surface area contributed by atoms with E-state index in [1.165, 1.54) is 7.37 Å². The summed E-state index contributed by atoms with van der Waals surface area (Å²) < 4.78 is 17.1. The Kier molecular flexibility index (Phi) is 4.59. The van der Waals surface area contributed by atoms with Gasteiger partial charge in [0.25, 0.3) is 0 Å². The van der Waals surface area contributed by atoms with Gasteiger partial charge in [0.2, 0.25) is 0 Å². The molecule has 0 spiro atoms. The molecule has 1 radical (unpaired) electrons. The van der Waals surface area contributed by atoms with Crippen molar-refractivity contribution in [2.45, 2.75) is 65.8 Å². The first-order valence-corrected chi connectivity index (χ1v) is 6.47. The van der Waals surface area contributed by atoms with Crippen LogP contribution in [0.4, 0.5) is 0 Å². The quantitative estimate of drug-likeness (QED) is 0.775. The van der Waals surface area contributed by atoms with Gasteiger partial charge in [-0.05, 0) is 34.6 Å². The fraction of sp³-hybridized carbons (Fsp3) is 1.00. The molecule has 103 valence electrons. The third-order valence-electron chi connectivity index (χ3n) is 4.14. The number of aliphatic hydroxyl groups is 1. The van der Waals surface area contributed by atoms with E-state index in [0.29, 0.717) is 6.61 Å². The fourth-order valence-corrected chi connectivity index (χ4v) is 1.34. The molecule has 0 amide bonds. The number of hydrogen-bond donors (Lipinski definition) is 1. The molecule has 1 aliphatic heterocycles. The highest BCUT2D eigenvalue weighted by atomic mass is 16.6. The lowest BCUT2D eigenvalue weighted by atomic mass is 9.53. The average molecular weight is 255 g/mol. The van der Waals surface area contributed by atoms with Gasteiger partial charge in [0.15, 0.2) is 0 Å². The molecule has 1 atom stereocenters. The zero-order valence-corrected chi connectivity index (χ0v) is 12.6. The molecule has 0 aromatic heterocycles. The van der Waals surface area contributed by atoms with Crippen LogP contribution in [0.25, 0.3) is 0 Å². The first-order chi connectivity index (χ1) is 7.98. The van der Waals surface area contributed by atoms with Gasteiger partial charge in [-0.2, -0.15) is 0 Å². The molecule has 1 rings (SSSR count). The van der Waals surface area contributed by atoms with Crippen LogP contribution >= 0.6 is 0 Å². The molecule has 18 heavy (non-hydrogen) atoms. The van der Waals surface area contributed by atoms with Crippen molar-refractivity contribution >= 4 is 14.4 Å². The minimum atomic E-state index is -0.649. The Morgan fingerprint density at radius 3 is 2.33 bits per heavy atom. The Morgan fingerprint density at radius 1 is 1.33 bits per heavy atom. The van der Waals surface area contributed by atoms with Crippen LogP contribution in [0, 0.1) is 5.41 Å². The third-order valence-corrected chi connectivity index (χ3v) is 4.14. The number of hydrogen-bond acceptors (Lipinski definition) is 4. The maximum absolute atomic E-state index is 9.57. The van der Waals surface area contributed by atoms with E-state index in [4.69, 9.17) is 14.0 Å². The molecular weight excluding hydrogens is 230 g/mol. The normalized spacial score (nSPS) is 24.8. The molecule has 1 unspecified atom stereocenters. The summed E-state index contributed by atoms with van der Waals surface area (Å²) in [5.74, 6) is 0. The molecule has 0 saturated carbocycles. The van der Waals surface area contributed by atoms with E-state index < -0.39 is 18.7 Å². The molecule has 1 aliphatic rings. The van der Waals surface area contributed by atoms with Gasteiger partial charge in [-0.15, -0.1) is 0 Å². The second kappa shape index (κ2) is 5.16. The number of aliphatic hydroxyl groups excluding tert-OH is 1. The fourth-order valence-electron chi connectivity index (χ4n) is 1.34. The molecule has 0 aromatic carbocycles. The average Bonchev–Trinajstić information content (AvgIpc) is 2.20. The van der Waals surface area contributed by atoms with Crippen LogP contribution in [0.5, 0.6) is 0 Å². The van der Waals surface area contributed by atoms with E-state index in [0.717, 1.165) is 0 Å². The summed E-state index contributed by atoms with van der Waals surface area (Å²) in [6.07, 6.45) is -0.568. The van der Waals surface area contributed by atoms with Gasteiger partial charge in [0, 0.05) is 12.0 Å². The highest BCUT2D eigenvalue weighted by molar-refractivity contribution is 7.02. The van der Waals surface area contributed by atoms with Gasteiger partial charge < -0.3 is 19.1 Å². The summed E-state index contributed by atoms with van der Waals surface area (Å²) >= 11 is 0. The standard InChI is InChI=1S/C12H25B2O4/c1-9(15)11(4,5)17-13-14-16-8-10(2,3)12(6,7)18-14/h9,15H,8H2,1-7H3. The predicted molar refractivity (Wildman–Crippen MR) is 73.2 cm³/mol. The van der Waals surface area contributed by atoms with E-state index in [2.05, 4.69) is 27.7 Å². The van der Waals surface area contributed by atoms with Gasteiger partial charge in [0.05, 0.1) is 17.3 Å². The second-order valence-corrected chi connectivity index (χ2v) is 6.72. The summed E-state index contributed by atoms with van der Waals surface area (Å²) in [5, 5.41) is 9.57. The largest absolute Gasteiger partial charge is 0.439 e. The summed E-state index contributed by atoms with van der Waals surface area (Å²) in [4.78, 5) is 0. The summed E-state index contributed by atoms with van der Waals surface area (Å²) in [7, 11) is 1.04. The lowest BCUT2D eigenvalue weighted by molar-refractivity contribution is -0.0942. The van der Waals surface area contributed by atoms with Crippen LogP contribution in [0.15, 0.2) is 0 Å². The second-order valence-electron chi connectivity index (χ2n) is 6.72. The van der Waals surface area contributed by atoms with Gasteiger partial charge in [-0.25, -0.2) is 0 Å². The van der Waals surface area contributed by atoms with E-state index in [1.54, 1.807) is 6.92 Å². The van der Waals surface area contributed by atoms with E-state index in [9.17, 15) is 5.11 Å². The van der Waals surface area contributed by atoms with E-state index >= 15 is 0 Å². The van der Waals surface area contributed by atoms with Crippen molar-refractivity contribution in [2.75, 3.05) is 6.61 Å². The van der Waals surface area contributed by atoms with Gasteiger partial charge in [0.1, 0.15) is 0 Å². The summed E-state index contributed by atoms with van der Waals surface area (Å²) in [6.45, 7) is 14.3. The first kappa shape index (κ1) is 16.0. The lowest BCUT2D eigenvalue weighted by Gasteiger charge is -2.48. The van der Waals surface area contributed by atoms with Crippen molar-refractivity contribution in [1.29, 1.82) is 0 Å². The smallest absolute Gasteiger partial charge is 0.436 e. The van der Waals surface area contributed by atoms with Crippen molar-refractivity contribution in [1.82, 2.24) is 0 Å². The molecule has 1 heterocycles. The molecular formula is C12H25B2O4. The Labute approximate surface area is 112 Å². The summed E-state index contributed by atoms with van der Waals surface area (Å²) in [5.41, 5.74) is -0.980. The lowest BCUT2D eigenvalue weighted by Crippen LogP contribution is -2.57. The molecule has 1 saturated heterocycles. The van der Waals surface area contributed by atoms with Crippen LogP contribution in [-0.2, 0) is 14.0 Å². The van der Waals surface area contributed by atoms with Crippen LogP contribution in [-0.4, -0.2) is 43.4 Å². The Balaban J connectivity index is 2.52. The first-order valence-electron chi connectivity index (χ1n) is 6.47. The van der Waals surface area contributed by atoms with Crippen molar-refractivity contribution in [2.24, 2.45) is 5.41 Å².